The van der Waals surface area contributed by atoms with E-state index in [1.54, 1.807) is 111 Å². The summed E-state index contributed by atoms with van der Waals surface area (Å²) in [6.07, 6.45) is -1.19. The van der Waals surface area contributed by atoms with Crippen molar-refractivity contribution in [1.82, 2.24) is 42.3 Å². The summed E-state index contributed by atoms with van der Waals surface area (Å²) in [6, 6.07) is 15.9. The van der Waals surface area contributed by atoms with Gasteiger partial charge in [0.1, 0.15) is 39.8 Å². The smallest absolute Gasteiger partial charge is 0.408 e. The highest BCUT2D eigenvalue weighted by Gasteiger charge is 2.60. The number of amides is 7. The predicted molar refractivity (Wildman–Crippen MR) is 296 cm³/mol. The Balaban J connectivity index is 1.66. The fourth-order valence-corrected chi connectivity index (χ4v) is 10.2. The Labute approximate surface area is 453 Å². The summed E-state index contributed by atoms with van der Waals surface area (Å²) in [4.78, 5) is 103. The van der Waals surface area contributed by atoms with E-state index in [-0.39, 0.29) is 31.3 Å². The lowest BCUT2D eigenvalue weighted by molar-refractivity contribution is -0.296. The first-order valence-electron chi connectivity index (χ1n) is 27.1. The predicted octanol–water partition coefficient (Wildman–Crippen LogP) is 7.83. The molecule has 1 radical (unpaired) electrons. The van der Waals surface area contributed by atoms with Gasteiger partial charge in [0.05, 0.1) is 0 Å². The number of benzene rings is 2. The Morgan fingerprint density at radius 1 is 0.500 bits per heavy atom. The Bertz CT molecular complexity index is 2470. The molecule has 7 N–H and O–H groups in total. The van der Waals surface area contributed by atoms with Gasteiger partial charge in [-0.15, -0.1) is 10.3 Å². The molecule has 1 aliphatic carbocycles. The number of hydroxylamine groups is 2. The summed E-state index contributed by atoms with van der Waals surface area (Å²) in [5.41, 5.74) is -8.80. The lowest BCUT2D eigenvalue weighted by Gasteiger charge is -2.55. The van der Waals surface area contributed by atoms with Crippen molar-refractivity contribution < 1.29 is 43.5 Å². The number of alkyl carbamates (subject to hydrolysis) is 1. The van der Waals surface area contributed by atoms with Crippen LogP contribution in [0.25, 0.3) is 11.1 Å². The molecule has 7 amide bonds. The Morgan fingerprint density at radius 3 is 1.17 bits per heavy atom. The van der Waals surface area contributed by atoms with Crippen LogP contribution >= 0.6 is 0 Å². The van der Waals surface area contributed by atoms with Crippen LogP contribution in [0.4, 0.5) is 4.79 Å². The summed E-state index contributed by atoms with van der Waals surface area (Å²) in [5.74, 6) is -6.73. The van der Waals surface area contributed by atoms with E-state index in [0.29, 0.717) is 0 Å². The monoisotopic (exact) mass is 1060 g/mol. The van der Waals surface area contributed by atoms with Crippen LogP contribution in [-0.4, -0.2) is 103 Å². The number of hydrogen-bond acceptors (Lipinski definition) is 9. The topological polar surface area (TPSA) is 236 Å². The standard InChI is InChI=1S/C59H93N8O9/c1-34(2)54(18,44(68)60-51(11,12)13)61-46(70)56(20,36(5)6)64-49(73)59(32-52(14,15)67(75)53(16,17)33-59)65-48(72)57(21,37(7)8)62-45(69)55(19,35(3)4)63-47(71)58(22,38(9)10)66-50(74)76-31-43-41-29-25-23-27-39(41)40-28-24-26-30-42(40)43/h23-30,34-38,43H,31-33H2,1-22H3,(H,60,68)(H,61,70)(H,62,69)(H,63,71)(H,64,73)(H,65,72)(H,66,74)/t54-,55-,56-,57-,58-/m0/s1. The Kier molecular flexibility index (Phi) is 18.3. The molecule has 0 bridgehead atoms. The minimum atomic E-state index is -1.84. The molecule has 4 rings (SSSR count). The minimum absolute atomic E-state index is 0.0206. The van der Waals surface area contributed by atoms with E-state index in [4.69, 9.17) is 4.74 Å². The van der Waals surface area contributed by atoms with Crippen LogP contribution < -0.4 is 37.2 Å². The summed E-state index contributed by atoms with van der Waals surface area (Å²) < 4.78 is 5.86. The van der Waals surface area contributed by atoms with Crippen molar-refractivity contribution in [2.75, 3.05) is 6.61 Å². The SMILES string of the molecule is CC(C)[C@](C)(NC(=O)OCC1c2ccccc2-c2ccccc21)C(=O)N[C@](C)(C(=O)N[C@](C)(C(=O)NC1(C(=O)N[C@](C)(C(=O)N[C@](C)(C(=O)NC(C)(C)C)C(C)C)C(C)C)CC(C)(C)N([O])C(C)(C)C1)C(C)C)C(C)C. The molecule has 1 heterocycles. The number of piperidine rings is 1. The molecule has 0 unspecified atom stereocenters. The van der Waals surface area contributed by atoms with Crippen molar-refractivity contribution in [3.05, 3.63) is 59.7 Å². The van der Waals surface area contributed by atoms with Crippen LogP contribution in [0.1, 0.15) is 182 Å². The third-order valence-electron chi connectivity index (χ3n) is 17.2. The van der Waals surface area contributed by atoms with Gasteiger partial charge >= 0.3 is 6.09 Å². The van der Waals surface area contributed by atoms with Gasteiger partial charge in [-0.05, 0) is 148 Å². The molecule has 1 saturated heterocycles. The molecular formula is C59H93N8O9. The summed E-state index contributed by atoms with van der Waals surface area (Å²) in [5, 5.41) is 35.6. The maximum atomic E-state index is 15.4. The summed E-state index contributed by atoms with van der Waals surface area (Å²) in [6.45, 7) is 37.8. The van der Waals surface area contributed by atoms with Gasteiger partial charge in [0.2, 0.25) is 35.4 Å². The van der Waals surface area contributed by atoms with E-state index < -0.39 is 115 Å². The maximum Gasteiger partial charge on any atom is 0.408 e. The zero-order valence-corrected chi connectivity index (χ0v) is 49.8. The Morgan fingerprint density at radius 2 is 0.816 bits per heavy atom. The van der Waals surface area contributed by atoms with Gasteiger partial charge in [0.15, 0.2) is 0 Å². The second-order valence-corrected chi connectivity index (χ2v) is 26.6. The first-order valence-corrected chi connectivity index (χ1v) is 27.1. The number of carbonyl (C=O) groups excluding carboxylic acids is 7. The van der Waals surface area contributed by atoms with Crippen molar-refractivity contribution in [3.63, 3.8) is 0 Å². The zero-order valence-electron chi connectivity index (χ0n) is 49.8. The van der Waals surface area contributed by atoms with Gasteiger partial charge in [-0.2, -0.15) is 0 Å². The van der Waals surface area contributed by atoms with Crippen molar-refractivity contribution in [3.8, 4) is 11.1 Å². The van der Waals surface area contributed by atoms with Crippen LogP contribution in [0.2, 0.25) is 0 Å². The fourth-order valence-electron chi connectivity index (χ4n) is 10.2. The van der Waals surface area contributed by atoms with Crippen LogP contribution in [0.5, 0.6) is 0 Å². The number of hydrogen-bond donors (Lipinski definition) is 7. The normalized spacial score (nSPS) is 20.1. The molecule has 17 heteroatoms. The fraction of sp³-hybridized carbons (Fsp3) is 0.678. The van der Waals surface area contributed by atoms with Crippen LogP contribution in [0, 0.1) is 29.6 Å². The van der Waals surface area contributed by atoms with Crippen LogP contribution in [0.3, 0.4) is 0 Å². The quantitative estimate of drug-likeness (QED) is 0.0725. The van der Waals surface area contributed by atoms with E-state index in [9.17, 15) is 29.2 Å². The molecule has 17 nitrogen and oxygen atoms in total. The molecule has 0 aromatic heterocycles. The molecule has 423 valence electrons. The van der Waals surface area contributed by atoms with E-state index >= 15 is 9.59 Å². The van der Waals surface area contributed by atoms with E-state index in [2.05, 4.69) is 37.2 Å². The van der Waals surface area contributed by atoms with Crippen molar-refractivity contribution >= 4 is 41.5 Å². The molecule has 2 aliphatic rings. The highest BCUT2D eigenvalue weighted by atomic mass is 16.5. The van der Waals surface area contributed by atoms with Crippen molar-refractivity contribution in [2.45, 2.75) is 221 Å². The molecule has 5 atom stereocenters. The van der Waals surface area contributed by atoms with E-state index in [1.165, 1.54) is 6.92 Å². The highest BCUT2D eigenvalue weighted by Crippen LogP contribution is 2.46. The van der Waals surface area contributed by atoms with Gasteiger partial charge in [-0.3, -0.25) is 28.8 Å². The number of rotatable bonds is 19. The summed E-state index contributed by atoms with van der Waals surface area (Å²) >= 11 is 0. The van der Waals surface area contributed by atoms with E-state index in [1.807, 2.05) is 83.1 Å². The number of nitrogens with zero attached hydrogens (tertiary/aromatic N) is 1. The number of ether oxygens (including phenoxy) is 1. The molecule has 2 aromatic carbocycles. The van der Waals surface area contributed by atoms with Crippen molar-refractivity contribution in [1.29, 1.82) is 0 Å². The Hall–Kier alpha value is -5.55. The third-order valence-corrected chi connectivity index (χ3v) is 17.2. The lowest BCUT2D eigenvalue weighted by atomic mass is 9.68. The highest BCUT2D eigenvalue weighted by molar-refractivity contribution is 6.02. The van der Waals surface area contributed by atoms with Gasteiger partial charge in [0.25, 0.3) is 0 Å². The largest absolute Gasteiger partial charge is 0.449 e. The average Bonchev–Trinajstić information content (AvgIpc) is 3.61. The first kappa shape index (κ1) is 63.0. The molecule has 76 heavy (non-hydrogen) atoms. The van der Waals surface area contributed by atoms with Crippen LogP contribution in [0.15, 0.2) is 48.5 Å². The molecule has 0 spiro atoms. The van der Waals surface area contributed by atoms with Gasteiger partial charge in [0, 0.05) is 22.5 Å². The maximum absolute atomic E-state index is 15.4. The van der Waals surface area contributed by atoms with Gasteiger partial charge < -0.3 is 42.0 Å². The second-order valence-electron chi connectivity index (χ2n) is 26.6. The summed E-state index contributed by atoms with van der Waals surface area (Å²) in [7, 11) is 0. The average molecular weight is 1060 g/mol. The van der Waals surface area contributed by atoms with E-state index in [0.717, 1.165) is 27.3 Å². The number of carbonyl (C=O) groups is 7. The number of fused-ring (bicyclic) bond motifs is 3. The second kappa shape index (κ2) is 22.1. The lowest BCUT2D eigenvalue weighted by Crippen LogP contribution is -2.77. The zero-order chi connectivity index (χ0) is 58.3. The molecular weight excluding hydrogens is 965 g/mol. The third kappa shape index (κ3) is 12.4. The molecule has 2 aromatic rings. The molecule has 0 saturated carbocycles. The van der Waals surface area contributed by atoms with Crippen LogP contribution in [-0.2, 0) is 38.7 Å². The van der Waals surface area contributed by atoms with Gasteiger partial charge in [-0.1, -0.05) is 118 Å². The first-order chi connectivity index (χ1) is 34.5. The number of nitrogens with one attached hydrogen (secondary N) is 7. The van der Waals surface area contributed by atoms with Gasteiger partial charge in [-0.25, -0.2) is 4.79 Å². The molecule has 1 fully saturated rings. The van der Waals surface area contributed by atoms with Crippen molar-refractivity contribution in [2.24, 2.45) is 29.6 Å². The molecule has 1 aliphatic heterocycles. The minimum Gasteiger partial charge on any atom is -0.449 e.